The van der Waals surface area contributed by atoms with E-state index in [0.717, 1.165) is 11.1 Å². The van der Waals surface area contributed by atoms with Gasteiger partial charge in [-0.3, -0.25) is 4.90 Å². The quantitative estimate of drug-likeness (QED) is 0.838. The van der Waals surface area contributed by atoms with E-state index in [1.54, 1.807) is 20.4 Å². The zero-order valence-corrected chi connectivity index (χ0v) is 14.7. The van der Waals surface area contributed by atoms with Gasteiger partial charge in [0.2, 0.25) is 5.88 Å². The van der Waals surface area contributed by atoms with Crippen LogP contribution in [-0.4, -0.2) is 42.2 Å². The number of rotatable bonds is 5. The maximum absolute atomic E-state index is 5.38. The Labute approximate surface area is 143 Å². The second kappa shape index (κ2) is 7.62. The molecule has 1 aliphatic rings. The van der Waals surface area contributed by atoms with Crippen molar-refractivity contribution in [3.8, 4) is 23.0 Å². The van der Waals surface area contributed by atoms with Crippen molar-refractivity contribution in [3.63, 3.8) is 0 Å². The number of nitrogens with zero attached hydrogens (tertiary/aromatic N) is 3. The monoisotopic (exact) mass is 327 g/mol. The van der Waals surface area contributed by atoms with E-state index in [1.807, 2.05) is 0 Å². The van der Waals surface area contributed by atoms with E-state index in [9.17, 15) is 0 Å². The van der Waals surface area contributed by atoms with Crippen molar-refractivity contribution in [2.24, 2.45) is 0 Å². The van der Waals surface area contributed by atoms with Gasteiger partial charge in [0.25, 0.3) is 0 Å². The molecule has 0 spiro atoms. The van der Waals surface area contributed by atoms with Crippen LogP contribution >= 0.6 is 0 Å². The Bertz CT molecular complexity index is 667. The molecule has 1 aromatic carbocycles. The lowest BCUT2D eigenvalue weighted by Gasteiger charge is -2.32. The Morgan fingerprint density at radius 1 is 1.00 bits per heavy atom. The molecule has 128 valence electrons. The molecule has 1 unspecified atom stereocenters. The third kappa shape index (κ3) is 3.51. The molecule has 2 heterocycles. The van der Waals surface area contributed by atoms with Crippen LogP contribution in [0.25, 0.3) is 11.1 Å². The minimum Gasteiger partial charge on any atom is -0.480 e. The molecule has 0 amide bonds. The van der Waals surface area contributed by atoms with Crippen molar-refractivity contribution in [1.29, 1.82) is 0 Å². The van der Waals surface area contributed by atoms with Crippen LogP contribution in [0.1, 0.15) is 37.8 Å². The molecule has 5 nitrogen and oxygen atoms in total. The fourth-order valence-corrected chi connectivity index (χ4v) is 3.26. The molecule has 3 rings (SSSR count). The van der Waals surface area contributed by atoms with Crippen molar-refractivity contribution >= 4 is 0 Å². The first-order valence-electron chi connectivity index (χ1n) is 8.52. The highest BCUT2D eigenvalue weighted by Crippen LogP contribution is 2.31. The molecular formula is C19H25N3O2. The summed E-state index contributed by atoms with van der Waals surface area (Å²) in [6.45, 7) is 4.68. The van der Waals surface area contributed by atoms with Crippen LogP contribution < -0.4 is 9.47 Å². The maximum Gasteiger partial charge on any atom is 0.319 e. The number of methoxy groups -OCH3 is 2. The summed E-state index contributed by atoms with van der Waals surface area (Å²) < 4.78 is 10.4. The van der Waals surface area contributed by atoms with Crippen LogP contribution in [0.3, 0.4) is 0 Å². The van der Waals surface area contributed by atoms with Gasteiger partial charge in [0.15, 0.2) is 0 Å². The Morgan fingerprint density at radius 3 is 2.33 bits per heavy atom. The van der Waals surface area contributed by atoms with Crippen LogP contribution in [0.2, 0.25) is 0 Å². The topological polar surface area (TPSA) is 47.5 Å². The first-order chi connectivity index (χ1) is 11.7. The molecule has 24 heavy (non-hydrogen) atoms. The van der Waals surface area contributed by atoms with Gasteiger partial charge in [0.05, 0.1) is 19.8 Å². The summed E-state index contributed by atoms with van der Waals surface area (Å²) in [4.78, 5) is 11.0. The summed E-state index contributed by atoms with van der Waals surface area (Å²) in [6.07, 6.45) is 5.72. The summed E-state index contributed by atoms with van der Waals surface area (Å²) >= 11 is 0. The molecular weight excluding hydrogens is 302 g/mol. The van der Waals surface area contributed by atoms with E-state index < -0.39 is 0 Å². The molecule has 0 saturated carbocycles. The normalized spacial score (nSPS) is 16.6. The first-order valence-corrected chi connectivity index (χ1v) is 8.52. The maximum atomic E-state index is 5.38. The van der Waals surface area contributed by atoms with Crippen LogP contribution in [0.15, 0.2) is 30.5 Å². The van der Waals surface area contributed by atoms with Gasteiger partial charge in [-0.2, -0.15) is 4.98 Å². The van der Waals surface area contributed by atoms with Gasteiger partial charge in [-0.05, 0) is 44.0 Å². The molecule has 2 aromatic rings. The average Bonchev–Trinajstić information content (AvgIpc) is 2.67. The molecule has 5 heteroatoms. The van der Waals surface area contributed by atoms with E-state index in [1.165, 1.54) is 37.9 Å². The number of ether oxygens (including phenoxy) is 2. The minimum atomic E-state index is 0.311. The number of hydrogen-bond donors (Lipinski definition) is 0. The smallest absolute Gasteiger partial charge is 0.319 e. The van der Waals surface area contributed by atoms with Gasteiger partial charge >= 0.3 is 6.01 Å². The van der Waals surface area contributed by atoms with Crippen LogP contribution in [-0.2, 0) is 0 Å². The van der Waals surface area contributed by atoms with E-state index in [0.29, 0.717) is 17.9 Å². The lowest BCUT2D eigenvalue weighted by atomic mass is 10.00. The van der Waals surface area contributed by atoms with Crippen molar-refractivity contribution in [2.75, 3.05) is 27.3 Å². The van der Waals surface area contributed by atoms with Gasteiger partial charge in [0, 0.05) is 12.2 Å². The fourth-order valence-electron chi connectivity index (χ4n) is 3.26. The van der Waals surface area contributed by atoms with E-state index in [2.05, 4.69) is 46.1 Å². The zero-order chi connectivity index (χ0) is 16.9. The van der Waals surface area contributed by atoms with E-state index >= 15 is 0 Å². The van der Waals surface area contributed by atoms with Crippen LogP contribution in [0, 0.1) is 0 Å². The minimum absolute atomic E-state index is 0.311. The van der Waals surface area contributed by atoms with Crippen molar-refractivity contribution in [1.82, 2.24) is 14.9 Å². The molecule has 0 bridgehead atoms. The summed E-state index contributed by atoms with van der Waals surface area (Å²) in [5, 5.41) is 0. The average molecular weight is 327 g/mol. The lowest BCUT2D eigenvalue weighted by molar-refractivity contribution is 0.175. The predicted molar refractivity (Wildman–Crippen MR) is 94.4 cm³/mol. The molecule has 1 aliphatic heterocycles. The molecule has 0 N–H and O–H groups in total. The summed E-state index contributed by atoms with van der Waals surface area (Å²) in [5.74, 6) is 0.527. The molecule has 1 saturated heterocycles. The highest BCUT2D eigenvalue weighted by molar-refractivity contribution is 5.68. The molecule has 0 radical (unpaired) electrons. The van der Waals surface area contributed by atoms with E-state index in [4.69, 9.17) is 9.47 Å². The van der Waals surface area contributed by atoms with Crippen LogP contribution in [0.4, 0.5) is 0 Å². The standard InChI is InChI=1S/C19H25N3O2/c1-14(22-11-5-4-6-12-22)15-7-9-16(10-8-15)17-13-20-19(24-3)21-18(17)23-2/h7-10,13-14H,4-6,11-12H2,1-3H3. The molecule has 0 aliphatic carbocycles. The molecule has 1 aromatic heterocycles. The Balaban J connectivity index is 1.81. The highest BCUT2D eigenvalue weighted by Gasteiger charge is 2.18. The fraction of sp³-hybridized carbons (Fsp3) is 0.474. The van der Waals surface area contributed by atoms with Gasteiger partial charge < -0.3 is 9.47 Å². The number of piperidine rings is 1. The lowest BCUT2D eigenvalue weighted by Crippen LogP contribution is -2.32. The van der Waals surface area contributed by atoms with Crippen LogP contribution in [0.5, 0.6) is 11.9 Å². The van der Waals surface area contributed by atoms with Crippen molar-refractivity contribution in [2.45, 2.75) is 32.2 Å². The summed E-state index contributed by atoms with van der Waals surface area (Å²) in [5.41, 5.74) is 3.26. The second-order valence-electron chi connectivity index (χ2n) is 6.17. The number of likely N-dealkylation sites (tertiary alicyclic amines) is 1. The first kappa shape index (κ1) is 16.7. The second-order valence-corrected chi connectivity index (χ2v) is 6.17. The molecule has 1 fully saturated rings. The number of benzene rings is 1. The zero-order valence-electron chi connectivity index (χ0n) is 14.7. The summed E-state index contributed by atoms with van der Waals surface area (Å²) in [7, 11) is 3.16. The van der Waals surface area contributed by atoms with Gasteiger partial charge in [-0.25, -0.2) is 4.98 Å². The Kier molecular flexibility index (Phi) is 5.30. The highest BCUT2D eigenvalue weighted by atomic mass is 16.5. The van der Waals surface area contributed by atoms with Crippen molar-refractivity contribution < 1.29 is 9.47 Å². The van der Waals surface area contributed by atoms with Crippen molar-refractivity contribution in [3.05, 3.63) is 36.0 Å². The third-order valence-corrected chi connectivity index (χ3v) is 4.75. The SMILES string of the molecule is COc1ncc(-c2ccc(C(C)N3CCCCC3)cc2)c(OC)n1. The van der Waals surface area contributed by atoms with Gasteiger partial charge in [-0.15, -0.1) is 0 Å². The third-order valence-electron chi connectivity index (χ3n) is 4.75. The predicted octanol–water partition coefficient (Wildman–Crippen LogP) is 3.71. The van der Waals surface area contributed by atoms with Gasteiger partial charge in [-0.1, -0.05) is 30.7 Å². The van der Waals surface area contributed by atoms with Gasteiger partial charge in [0.1, 0.15) is 0 Å². The Hall–Kier alpha value is -2.14. The number of hydrogen-bond acceptors (Lipinski definition) is 5. The van der Waals surface area contributed by atoms with E-state index in [-0.39, 0.29) is 0 Å². The number of aromatic nitrogens is 2. The largest absolute Gasteiger partial charge is 0.480 e. The Morgan fingerprint density at radius 2 is 1.71 bits per heavy atom. The molecule has 1 atom stereocenters. The summed E-state index contributed by atoms with van der Waals surface area (Å²) in [6, 6.07) is 9.38.